The summed E-state index contributed by atoms with van der Waals surface area (Å²) >= 11 is 0. The van der Waals surface area contributed by atoms with Crippen molar-refractivity contribution in [3.8, 4) is 5.75 Å². The summed E-state index contributed by atoms with van der Waals surface area (Å²) in [6, 6.07) is 5.75. The minimum atomic E-state index is -0.261. The SMILES string of the molecule is CCc1ccc(OO)c(C2(C)CO2)c1. The summed E-state index contributed by atoms with van der Waals surface area (Å²) in [6.07, 6.45) is 0.967. The number of hydrogen-bond donors (Lipinski definition) is 1. The molecule has 0 aliphatic carbocycles. The summed E-state index contributed by atoms with van der Waals surface area (Å²) in [4.78, 5) is 4.33. The van der Waals surface area contributed by atoms with Gasteiger partial charge in [-0.05, 0) is 31.0 Å². The van der Waals surface area contributed by atoms with E-state index in [1.165, 1.54) is 5.56 Å². The zero-order valence-electron chi connectivity index (χ0n) is 8.41. The predicted molar refractivity (Wildman–Crippen MR) is 52.4 cm³/mol. The molecule has 1 fully saturated rings. The average Bonchev–Trinajstić information content (AvgIpc) is 2.97. The molecule has 1 saturated heterocycles. The summed E-state index contributed by atoms with van der Waals surface area (Å²) < 4.78 is 5.33. The summed E-state index contributed by atoms with van der Waals surface area (Å²) in [7, 11) is 0. The van der Waals surface area contributed by atoms with Crippen molar-refractivity contribution in [3.63, 3.8) is 0 Å². The third-order valence-electron chi connectivity index (χ3n) is 2.70. The van der Waals surface area contributed by atoms with Gasteiger partial charge in [0.25, 0.3) is 0 Å². The molecule has 0 saturated carbocycles. The molecule has 0 radical (unpaired) electrons. The van der Waals surface area contributed by atoms with Crippen LogP contribution in [0.2, 0.25) is 0 Å². The van der Waals surface area contributed by atoms with Gasteiger partial charge in [-0.3, -0.25) is 0 Å². The fourth-order valence-corrected chi connectivity index (χ4v) is 1.55. The third-order valence-corrected chi connectivity index (χ3v) is 2.70. The Kier molecular flexibility index (Phi) is 2.21. The van der Waals surface area contributed by atoms with Gasteiger partial charge in [0.2, 0.25) is 0 Å². The van der Waals surface area contributed by atoms with Gasteiger partial charge in [-0.2, -0.15) is 0 Å². The van der Waals surface area contributed by atoms with Gasteiger partial charge in [0, 0.05) is 5.56 Å². The molecule has 3 nitrogen and oxygen atoms in total. The van der Waals surface area contributed by atoms with Crippen LogP contribution < -0.4 is 4.89 Å². The maximum atomic E-state index is 8.72. The lowest BCUT2D eigenvalue weighted by Crippen LogP contribution is -2.05. The third kappa shape index (κ3) is 1.49. The molecule has 0 bridgehead atoms. The number of rotatable bonds is 3. The van der Waals surface area contributed by atoms with Gasteiger partial charge in [0.05, 0.1) is 6.61 Å². The Morgan fingerprint density at radius 3 is 2.79 bits per heavy atom. The van der Waals surface area contributed by atoms with Gasteiger partial charge in [-0.15, -0.1) is 0 Å². The second kappa shape index (κ2) is 3.26. The van der Waals surface area contributed by atoms with Crippen molar-refractivity contribution in [2.45, 2.75) is 25.9 Å². The van der Waals surface area contributed by atoms with Crippen LogP contribution in [0.5, 0.6) is 5.75 Å². The lowest BCUT2D eigenvalue weighted by atomic mass is 9.98. The monoisotopic (exact) mass is 194 g/mol. The molecule has 3 heteroatoms. The van der Waals surface area contributed by atoms with Gasteiger partial charge in [-0.1, -0.05) is 13.0 Å². The summed E-state index contributed by atoms with van der Waals surface area (Å²) in [6.45, 7) is 4.77. The summed E-state index contributed by atoms with van der Waals surface area (Å²) in [5.41, 5.74) is 1.89. The minimum Gasteiger partial charge on any atom is -0.365 e. The van der Waals surface area contributed by atoms with Crippen LogP contribution in [0.15, 0.2) is 18.2 Å². The molecule has 2 rings (SSSR count). The molecule has 0 spiro atoms. The number of ether oxygens (including phenoxy) is 1. The van der Waals surface area contributed by atoms with Gasteiger partial charge < -0.3 is 9.62 Å². The van der Waals surface area contributed by atoms with Crippen molar-refractivity contribution >= 4 is 0 Å². The Balaban J connectivity index is 2.43. The van der Waals surface area contributed by atoms with E-state index in [1.54, 1.807) is 6.07 Å². The van der Waals surface area contributed by atoms with E-state index in [2.05, 4.69) is 11.8 Å². The van der Waals surface area contributed by atoms with Crippen LogP contribution in [-0.4, -0.2) is 11.9 Å². The molecule has 1 aliphatic heterocycles. The highest BCUT2D eigenvalue weighted by molar-refractivity contribution is 5.42. The summed E-state index contributed by atoms with van der Waals surface area (Å²) in [5, 5.41) is 8.72. The minimum absolute atomic E-state index is 0.261. The van der Waals surface area contributed by atoms with E-state index in [0.717, 1.165) is 12.0 Å². The smallest absolute Gasteiger partial charge is 0.171 e. The average molecular weight is 194 g/mol. The quantitative estimate of drug-likeness (QED) is 0.456. The van der Waals surface area contributed by atoms with Crippen molar-refractivity contribution in [1.82, 2.24) is 0 Å². The Hall–Kier alpha value is -1.06. The Labute approximate surface area is 83.2 Å². The van der Waals surface area contributed by atoms with E-state index >= 15 is 0 Å². The van der Waals surface area contributed by atoms with Crippen LogP contribution in [0.3, 0.4) is 0 Å². The van der Waals surface area contributed by atoms with Crippen LogP contribution in [0.1, 0.15) is 25.0 Å². The van der Waals surface area contributed by atoms with Gasteiger partial charge >= 0.3 is 0 Å². The molecule has 0 aromatic heterocycles. The largest absolute Gasteiger partial charge is 0.365 e. The standard InChI is InChI=1S/C11H14O3/c1-3-8-4-5-10(14-12)9(6-8)11(2)7-13-11/h4-6,12H,3,7H2,1-2H3. The number of benzene rings is 1. The van der Waals surface area contributed by atoms with Gasteiger partial charge in [0.15, 0.2) is 5.75 Å². The van der Waals surface area contributed by atoms with Crippen molar-refractivity contribution in [1.29, 1.82) is 0 Å². The zero-order valence-corrected chi connectivity index (χ0v) is 8.41. The topological polar surface area (TPSA) is 42.0 Å². The number of hydrogen-bond acceptors (Lipinski definition) is 3. The first kappa shape index (κ1) is 9.49. The van der Waals surface area contributed by atoms with Crippen LogP contribution in [0.4, 0.5) is 0 Å². The maximum absolute atomic E-state index is 8.72. The maximum Gasteiger partial charge on any atom is 0.171 e. The van der Waals surface area contributed by atoms with E-state index in [9.17, 15) is 0 Å². The van der Waals surface area contributed by atoms with Crippen molar-refractivity contribution in [3.05, 3.63) is 29.3 Å². The first-order chi connectivity index (χ1) is 6.69. The van der Waals surface area contributed by atoms with Crippen LogP contribution in [0.25, 0.3) is 0 Å². The van der Waals surface area contributed by atoms with Crippen molar-refractivity contribution < 1.29 is 14.9 Å². The molecular formula is C11H14O3. The van der Waals surface area contributed by atoms with Crippen LogP contribution in [-0.2, 0) is 16.8 Å². The molecule has 14 heavy (non-hydrogen) atoms. The first-order valence-corrected chi connectivity index (χ1v) is 4.78. The Morgan fingerprint density at radius 2 is 2.29 bits per heavy atom. The van der Waals surface area contributed by atoms with Crippen molar-refractivity contribution in [2.75, 3.05) is 6.61 Å². The molecule has 1 N–H and O–H groups in total. The van der Waals surface area contributed by atoms with Crippen molar-refractivity contribution in [2.24, 2.45) is 0 Å². The van der Waals surface area contributed by atoms with Gasteiger partial charge in [-0.25, -0.2) is 5.26 Å². The molecule has 76 valence electrons. The highest BCUT2D eigenvalue weighted by Gasteiger charge is 2.43. The highest BCUT2D eigenvalue weighted by atomic mass is 17.1. The zero-order chi connectivity index (χ0) is 10.2. The molecule has 1 atom stereocenters. The molecular weight excluding hydrogens is 180 g/mol. The molecule has 0 amide bonds. The van der Waals surface area contributed by atoms with Gasteiger partial charge in [0.1, 0.15) is 5.60 Å². The lowest BCUT2D eigenvalue weighted by molar-refractivity contribution is -0.139. The number of aryl methyl sites for hydroxylation is 1. The van der Waals surface area contributed by atoms with E-state index < -0.39 is 0 Å². The molecule has 1 aromatic rings. The van der Waals surface area contributed by atoms with E-state index in [0.29, 0.717) is 12.4 Å². The van der Waals surface area contributed by atoms with E-state index in [4.69, 9.17) is 9.99 Å². The first-order valence-electron chi connectivity index (χ1n) is 4.78. The molecule has 1 aliphatic rings. The lowest BCUT2D eigenvalue weighted by Gasteiger charge is -2.11. The predicted octanol–water partition coefficient (Wildman–Crippen LogP) is 2.35. The Morgan fingerprint density at radius 1 is 1.57 bits per heavy atom. The summed E-state index contributed by atoms with van der Waals surface area (Å²) in [5.74, 6) is 0.488. The second-order valence-electron chi connectivity index (χ2n) is 3.79. The number of epoxide rings is 1. The van der Waals surface area contributed by atoms with Crippen LogP contribution >= 0.6 is 0 Å². The van der Waals surface area contributed by atoms with E-state index in [1.807, 2.05) is 19.1 Å². The highest BCUT2D eigenvalue weighted by Crippen LogP contribution is 2.42. The fraction of sp³-hybridized carbons (Fsp3) is 0.455. The molecule has 1 aromatic carbocycles. The molecule has 1 heterocycles. The fourth-order valence-electron chi connectivity index (χ4n) is 1.55. The van der Waals surface area contributed by atoms with Crippen LogP contribution in [0, 0.1) is 0 Å². The molecule has 1 unspecified atom stereocenters. The Bertz CT molecular complexity index is 342. The normalized spacial score (nSPS) is 24.8. The van der Waals surface area contributed by atoms with E-state index in [-0.39, 0.29) is 5.60 Å². The second-order valence-corrected chi connectivity index (χ2v) is 3.79.